The van der Waals surface area contributed by atoms with Gasteiger partial charge in [0.25, 0.3) is 0 Å². The van der Waals surface area contributed by atoms with Crippen molar-refractivity contribution in [2.24, 2.45) is 0 Å². The number of alkyl halides is 1. The maximum Gasteiger partial charge on any atom is 0.420 e. The van der Waals surface area contributed by atoms with Crippen molar-refractivity contribution in [1.82, 2.24) is 4.90 Å². The maximum absolute atomic E-state index is 15.7. The smallest absolute Gasteiger partial charge is 0.420 e. The van der Waals surface area contributed by atoms with Gasteiger partial charge in [0.1, 0.15) is 16.9 Å². The molecule has 0 unspecified atom stereocenters. The molecular weight excluding hydrogens is 401 g/mol. The monoisotopic (exact) mass is 433 g/mol. The van der Waals surface area contributed by atoms with Crippen molar-refractivity contribution in [1.29, 1.82) is 0 Å². The van der Waals surface area contributed by atoms with E-state index in [1.165, 1.54) is 0 Å². The molecule has 1 aliphatic rings. The predicted molar refractivity (Wildman–Crippen MR) is 103 cm³/mol. The zero-order chi connectivity index (χ0) is 23.5. The van der Waals surface area contributed by atoms with Gasteiger partial charge in [-0.05, 0) is 54.9 Å². The van der Waals surface area contributed by atoms with E-state index in [9.17, 15) is 19.2 Å². The molecule has 2 atom stereocenters. The topological polar surface area (TPSA) is 108 Å². The van der Waals surface area contributed by atoms with Gasteiger partial charge in [-0.2, -0.15) is 4.90 Å². The van der Waals surface area contributed by atoms with E-state index in [-0.39, 0.29) is 13.0 Å². The lowest BCUT2D eigenvalue weighted by Crippen LogP contribution is -2.57. The van der Waals surface area contributed by atoms with Crippen LogP contribution < -0.4 is 0 Å². The molecule has 30 heavy (non-hydrogen) atoms. The third kappa shape index (κ3) is 5.82. The molecule has 0 saturated heterocycles. The van der Waals surface area contributed by atoms with Crippen LogP contribution in [0.15, 0.2) is 0 Å². The van der Waals surface area contributed by atoms with Gasteiger partial charge in [-0.1, -0.05) is 0 Å². The molecule has 1 saturated carbocycles. The molecule has 0 spiro atoms. The molecule has 0 aliphatic heterocycles. The fourth-order valence-corrected chi connectivity index (χ4v) is 2.99. The van der Waals surface area contributed by atoms with Crippen LogP contribution in [0.25, 0.3) is 0 Å². The van der Waals surface area contributed by atoms with E-state index in [4.69, 9.17) is 18.9 Å². The highest BCUT2D eigenvalue weighted by Crippen LogP contribution is 2.59. The number of methoxy groups -OCH3 is 1. The standard InChI is InChI=1S/C20H32FNO8/c1-9-28-13(23)10-11-19(21)12-20(19,14(24)27-8)22(15(25)29-17(2,3)4)16(26)30-18(5,6)7/h9-12H2,1-8H3/t19-,20-/m0/s1. The molecule has 172 valence electrons. The van der Waals surface area contributed by atoms with Crippen molar-refractivity contribution in [3.05, 3.63) is 0 Å². The Morgan fingerprint density at radius 1 is 0.967 bits per heavy atom. The van der Waals surface area contributed by atoms with Gasteiger partial charge in [0.05, 0.1) is 13.7 Å². The SMILES string of the molecule is CCOC(=O)CC[C@]1(F)C[C@@]1(C(=O)OC)N(C(=O)OC(C)(C)C)C(=O)OC(C)(C)C. The van der Waals surface area contributed by atoms with E-state index in [2.05, 4.69) is 0 Å². The fourth-order valence-electron chi connectivity index (χ4n) is 2.99. The molecule has 0 aromatic carbocycles. The number of rotatable bonds is 6. The molecule has 1 fully saturated rings. The Kier molecular flexibility index (Phi) is 7.50. The molecule has 2 amide bonds. The Hall–Kier alpha value is -2.39. The van der Waals surface area contributed by atoms with E-state index in [0.29, 0.717) is 4.90 Å². The normalized spacial score (nSPS) is 23.2. The summed E-state index contributed by atoms with van der Waals surface area (Å²) in [5.41, 5.74) is -6.78. The van der Waals surface area contributed by atoms with Crippen LogP contribution in [0.3, 0.4) is 0 Å². The van der Waals surface area contributed by atoms with E-state index in [0.717, 1.165) is 7.11 Å². The Morgan fingerprint density at radius 3 is 1.80 bits per heavy atom. The highest BCUT2D eigenvalue weighted by molar-refractivity contribution is 6.00. The van der Waals surface area contributed by atoms with Crippen LogP contribution in [0, 0.1) is 0 Å². The number of imide groups is 1. The molecule has 0 bridgehead atoms. The second-order valence-electron chi connectivity index (χ2n) is 9.10. The van der Waals surface area contributed by atoms with Crippen LogP contribution in [-0.2, 0) is 28.5 Å². The third-order valence-corrected chi connectivity index (χ3v) is 4.24. The minimum Gasteiger partial charge on any atom is -0.467 e. The number of amides is 2. The van der Waals surface area contributed by atoms with Gasteiger partial charge in [0.15, 0.2) is 5.54 Å². The number of carbonyl (C=O) groups excluding carboxylic acids is 4. The molecule has 1 rings (SSSR count). The van der Waals surface area contributed by atoms with Crippen molar-refractivity contribution < 1.29 is 42.5 Å². The second-order valence-corrected chi connectivity index (χ2v) is 9.10. The van der Waals surface area contributed by atoms with Crippen LogP contribution in [0.4, 0.5) is 14.0 Å². The number of hydrogen-bond acceptors (Lipinski definition) is 8. The van der Waals surface area contributed by atoms with E-state index < -0.39 is 59.4 Å². The zero-order valence-electron chi connectivity index (χ0n) is 18.9. The van der Waals surface area contributed by atoms with Crippen molar-refractivity contribution in [2.75, 3.05) is 13.7 Å². The third-order valence-electron chi connectivity index (χ3n) is 4.24. The second kappa shape index (κ2) is 8.77. The molecule has 1 aliphatic carbocycles. The highest BCUT2D eigenvalue weighted by atomic mass is 19.1. The van der Waals surface area contributed by atoms with E-state index in [1.54, 1.807) is 48.5 Å². The number of nitrogens with zero attached hydrogens (tertiary/aromatic N) is 1. The number of carbonyl (C=O) groups is 4. The lowest BCUT2D eigenvalue weighted by molar-refractivity contribution is -0.151. The minimum absolute atomic E-state index is 0.113. The summed E-state index contributed by atoms with van der Waals surface area (Å²) in [4.78, 5) is 50.4. The first kappa shape index (κ1) is 25.6. The fraction of sp³-hybridized carbons (Fsp3) is 0.800. The van der Waals surface area contributed by atoms with E-state index >= 15 is 4.39 Å². The van der Waals surface area contributed by atoms with Crippen LogP contribution in [0.1, 0.15) is 67.7 Å². The molecular formula is C20H32FNO8. The highest BCUT2D eigenvalue weighted by Gasteiger charge is 2.81. The summed E-state index contributed by atoms with van der Waals surface area (Å²) in [6.45, 7) is 11.0. The number of hydrogen-bond donors (Lipinski definition) is 0. The van der Waals surface area contributed by atoms with Crippen molar-refractivity contribution in [2.45, 2.75) is 90.1 Å². The quantitative estimate of drug-likeness (QED) is 0.462. The van der Waals surface area contributed by atoms with E-state index in [1.807, 2.05) is 0 Å². The van der Waals surface area contributed by atoms with Gasteiger partial charge in [0, 0.05) is 12.8 Å². The van der Waals surface area contributed by atoms with Crippen molar-refractivity contribution in [3.8, 4) is 0 Å². The summed E-state index contributed by atoms with van der Waals surface area (Å²) >= 11 is 0. The molecule has 0 N–H and O–H groups in total. The summed E-state index contributed by atoms with van der Waals surface area (Å²) in [5, 5.41) is 0. The summed E-state index contributed by atoms with van der Waals surface area (Å²) in [5.74, 6) is -1.81. The average molecular weight is 433 g/mol. The Balaban J connectivity index is 3.35. The number of ether oxygens (including phenoxy) is 4. The lowest BCUT2D eigenvalue weighted by atomic mass is 10.1. The number of esters is 2. The Bertz CT molecular complexity index is 668. The molecule has 0 aromatic heterocycles. The number of halogens is 1. The Labute approximate surface area is 176 Å². The first-order chi connectivity index (χ1) is 13.5. The minimum atomic E-state index is -2.40. The Morgan fingerprint density at radius 2 is 1.43 bits per heavy atom. The first-order valence-electron chi connectivity index (χ1n) is 9.72. The van der Waals surface area contributed by atoms with Gasteiger partial charge in [-0.3, -0.25) is 4.79 Å². The summed E-state index contributed by atoms with van der Waals surface area (Å²) in [6, 6.07) is 0. The largest absolute Gasteiger partial charge is 0.467 e. The summed E-state index contributed by atoms with van der Waals surface area (Å²) in [7, 11) is 1.01. The maximum atomic E-state index is 15.7. The average Bonchev–Trinajstić information content (AvgIpc) is 3.16. The van der Waals surface area contributed by atoms with Crippen LogP contribution in [0.5, 0.6) is 0 Å². The molecule has 0 radical (unpaired) electrons. The molecule has 9 nitrogen and oxygen atoms in total. The van der Waals surface area contributed by atoms with Crippen LogP contribution in [-0.4, -0.2) is 65.2 Å². The summed E-state index contributed by atoms with van der Waals surface area (Å²) in [6.07, 6.45) is -3.86. The van der Waals surface area contributed by atoms with Gasteiger partial charge >= 0.3 is 24.1 Å². The van der Waals surface area contributed by atoms with Gasteiger partial charge in [0.2, 0.25) is 0 Å². The van der Waals surface area contributed by atoms with Crippen LogP contribution >= 0.6 is 0 Å². The van der Waals surface area contributed by atoms with Gasteiger partial charge < -0.3 is 18.9 Å². The van der Waals surface area contributed by atoms with Gasteiger partial charge in [-0.25, -0.2) is 18.8 Å². The molecule has 0 heterocycles. The van der Waals surface area contributed by atoms with Crippen molar-refractivity contribution in [3.63, 3.8) is 0 Å². The first-order valence-corrected chi connectivity index (χ1v) is 9.72. The molecule has 10 heteroatoms. The summed E-state index contributed by atoms with van der Waals surface area (Å²) < 4.78 is 35.7. The lowest BCUT2D eigenvalue weighted by Gasteiger charge is -2.33. The predicted octanol–water partition coefficient (Wildman–Crippen LogP) is 3.53. The molecule has 0 aromatic rings. The van der Waals surface area contributed by atoms with Crippen LogP contribution in [0.2, 0.25) is 0 Å². The van der Waals surface area contributed by atoms with Gasteiger partial charge in [-0.15, -0.1) is 0 Å². The van der Waals surface area contributed by atoms with Crippen molar-refractivity contribution >= 4 is 24.1 Å². The zero-order valence-corrected chi connectivity index (χ0v) is 18.9.